The summed E-state index contributed by atoms with van der Waals surface area (Å²) in [6.45, 7) is 1.44. The van der Waals surface area contributed by atoms with Crippen molar-refractivity contribution in [3.8, 4) is 5.69 Å². The predicted octanol–water partition coefficient (Wildman–Crippen LogP) is 6.40. The van der Waals surface area contributed by atoms with Gasteiger partial charge in [0.25, 0.3) is 0 Å². The molecular formula is C26H27Cl3N4O2S. The van der Waals surface area contributed by atoms with Gasteiger partial charge in [0.1, 0.15) is 0 Å². The van der Waals surface area contributed by atoms with Gasteiger partial charge in [-0.15, -0.1) is 4.83 Å². The van der Waals surface area contributed by atoms with Gasteiger partial charge in [-0.25, -0.2) is 18.1 Å². The van der Waals surface area contributed by atoms with Gasteiger partial charge in [-0.2, -0.15) is 5.10 Å². The van der Waals surface area contributed by atoms with Gasteiger partial charge in [0, 0.05) is 40.0 Å². The summed E-state index contributed by atoms with van der Waals surface area (Å²) in [7, 11) is -3.64. The molecule has 6 nitrogen and oxygen atoms in total. The van der Waals surface area contributed by atoms with E-state index in [1.54, 1.807) is 23.2 Å². The van der Waals surface area contributed by atoms with Crippen molar-refractivity contribution in [3.05, 3.63) is 85.5 Å². The first-order valence-electron chi connectivity index (χ1n) is 12.1. The second kappa shape index (κ2) is 10.9. The molecule has 0 saturated carbocycles. The molecule has 0 bridgehead atoms. The lowest BCUT2D eigenvalue weighted by Gasteiger charge is -2.25. The molecule has 1 saturated heterocycles. The zero-order chi connectivity index (χ0) is 25.3. The number of nitrogens with one attached hydrogen (secondary N) is 1. The molecule has 1 unspecified atom stereocenters. The number of sulfonamides is 1. The predicted molar refractivity (Wildman–Crippen MR) is 146 cm³/mol. The number of benzene rings is 2. The van der Waals surface area contributed by atoms with Crippen LogP contribution in [0.1, 0.15) is 54.1 Å². The van der Waals surface area contributed by atoms with Gasteiger partial charge in [0.05, 0.1) is 22.1 Å². The van der Waals surface area contributed by atoms with E-state index in [9.17, 15) is 8.42 Å². The summed E-state index contributed by atoms with van der Waals surface area (Å²) in [6.07, 6.45) is 7.20. The molecule has 0 radical (unpaired) electrons. The molecule has 1 N–H and O–H groups in total. The number of aromatic nitrogens is 2. The minimum atomic E-state index is -3.64. The van der Waals surface area contributed by atoms with Crippen LogP contribution in [0, 0.1) is 0 Å². The molecule has 5 rings (SSSR count). The molecule has 1 aliphatic heterocycles. The van der Waals surface area contributed by atoms with Crippen LogP contribution in [0.5, 0.6) is 0 Å². The van der Waals surface area contributed by atoms with Gasteiger partial charge in [0.2, 0.25) is 10.0 Å². The summed E-state index contributed by atoms with van der Waals surface area (Å²) in [6, 6.07) is 13.2. The quantitative estimate of drug-likeness (QED) is 0.360. The van der Waals surface area contributed by atoms with Crippen molar-refractivity contribution in [1.82, 2.24) is 19.6 Å². The van der Waals surface area contributed by atoms with Crippen LogP contribution in [0.15, 0.2) is 47.9 Å². The van der Waals surface area contributed by atoms with Gasteiger partial charge in [-0.3, -0.25) is 0 Å². The minimum absolute atomic E-state index is 0.183. The summed E-state index contributed by atoms with van der Waals surface area (Å²) in [5.41, 5.74) is 4.57. The number of halogens is 3. The topological polar surface area (TPSA) is 67.2 Å². The third-order valence-electron chi connectivity index (χ3n) is 6.71. The van der Waals surface area contributed by atoms with E-state index in [0.29, 0.717) is 26.4 Å². The van der Waals surface area contributed by atoms with Gasteiger partial charge < -0.3 is 0 Å². The number of piperidine rings is 1. The molecule has 36 heavy (non-hydrogen) atoms. The van der Waals surface area contributed by atoms with Crippen molar-refractivity contribution < 1.29 is 8.42 Å². The molecule has 1 fully saturated rings. The Morgan fingerprint density at radius 2 is 1.81 bits per heavy atom. The van der Waals surface area contributed by atoms with Crippen molar-refractivity contribution >= 4 is 50.9 Å². The van der Waals surface area contributed by atoms with Crippen molar-refractivity contribution in [2.45, 2.75) is 44.4 Å². The van der Waals surface area contributed by atoms with Crippen LogP contribution in [-0.4, -0.2) is 36.3 Å². The van der Waals surface area contributed by atoms with Crippen molar-refractivity contribution in [2.75, 3.05) is 13.1 Å². The molecule has 1 aromatic heterocycles. The number of fused-ring (bicyclic) bond motifs is 1. The zero-order valence-corrected chi connectivity index (χ0v) is 22.7. The molecule has 1 atom stereocenters. The van der Waals surface area contributed by atoms with Crippen LogP contribution < -0.4 is 4.83 Å². The fourth-order valence-electron chi connectivity index (χ4n) is 5.08. The Hall–Kier alpha value is -1.87. The lowest BCUT2D eigenvalue weighted by atomic mass is 9.97. The number of hydrazine groups is 1. The van der Waals surface area contributed by atoms with E-state index >= 15 is 0 Å². The maximum absolute atomic E-state index is 12.8. The van der Waals surface area contributed by atoms with Crippen LogP contribution in [0.25, 0.3) is 11.8 Å². The molecule has 3 aromatic rings. The van der Waals surface area contributed by atoms with E-state index < -0.39 is 10.0 Å². The lowest BCUT2D eigenvalue weighted by Crippen LogP contribution is -2.44. The molecule has 0 spiro atoms. The molecule has 1 aliphatic carbocycles. The van der Waals surface area contributed by atoms with E-state index in [-0.39, 0.29) is 5.92 Å². The van der Waals surface area contributed by atoms with E-state index in [4.69, 9.17) is 39.9 Å². The Kier molecular flexibility index (Phi) is 7.77. The lowest BCUT2D eigenvalue weighted by molar-refractivity contribution is 0.201. The summed E-state index contributed by atoms with van der Waals surface area (Å²) in [5, 5.41) is 9.52. The molecule has 190 valence electrons. The Morgan fingerprint density at radius 1 is 1.03 bits per heavy atom. The van der Waals surface area contributed by atoms with E-state index in [1.165, 1.54) is 5.41 Å². The highest BCUT2D eigenvalue weighted by Gasteiger charge is 2.31. The van der Waals surface area contributed by atoms with Crippen molar-refractivity contribution in [1.29, 1.82) is 0 Å². The third-order valence-corrected chi connectivity index (χ3v) is 8.49. The first kappa shape index (κ1) is 25.8. The third kappa shape index (κ3) is 5.82. The molecular weight excluding hydrogens is 539 g/mol. The second-order valence-electron chi connectivity index (χ2n) is 9.31. The molecule has 0 amide bonds. The monoisotopic (exact) mass is 564 g/mol. The Morgan fingerprint density at radius 3 is 2.56 bits per heavy atom. The molecule has 2 aliphatic rings. The first-order chi connectivity index (χ1) is 17.3. The van der Waals surface area contributed by atoms with Crippen LogP contribution >= 0.6 is 34.8 Å². The summed E-state index contributed by atoms with van der Waals surface area (Å²) in [4.78, 5) is 2.67. The largest absolute Gasteiger partial charge is 0.246 e. The normalized spacial score (nSPS) is 18.7. The van der Waals surface area contributed by atoms with E-state index in [2.05, 4.69) is 10.9 Å². The van der Waals surface area contributed by atoms with E-state index in [1.807, 2.05) is 28.9 Å². The molecule has 10 heteroatoms. The first-order valence-corrected chi connectivity index (χ1v) is 14.7. The summed E-state index contributed by atoms with van der Waals surface area (Å²) >= 11 is 18.9. The average Bonchev–Trinajstić information content (AvgIpc) is 3.40. The van der Waals surface area contributed by atoms with Crippen LogP contribution in [0.2, 0.25) is 15.1 Å². The molecule has 2 aromatic carbocycles. The van der Waals surface area contributed by atoms with Crippen LogP contribution in [0.3, 0.4) is 0 Å². The number of hydrogen-bond donors (Lipinski definition) is 1. The summed E-state index contributed by atoms with van der Waals surface area (Å²) in [5.74, 6) is 0.183. The number of rotatable bonds is 7. The Bertz CT molecular complexity index is 1400. The maximum atomic E-state index is 12.8. The zero-order valence-electron chi connectivity index (χ0n) is 19.6. The van der Waals surface area contributed by atoms with Crippen molar-refractivity contribution in [2.24, 2.45) is 0 Å². The van der Waals surface area contributed by atoms with Crippen LogP contribution in [0.4, 0.5) is 0 Å². The highest BCUT2D eigenvalue weighted by Crippen LogP contribution is 2.40. The fraction of sp³-hybridized carbons (Fsp3) is 0.346. The van der Waals surface area contributed by atoms with E-state index in [0.717, 1.165) is 68.4 Å². The number of nitrogens with zero attached hydrogens (tertiary/aromatic N) is 3. The highest BCUT2D eigenvalue weighted by molar-refractivity contribution is 7.92. The second-order valence-corrected chi connectivity index (χ2v) is 12.1. The smallest absolute Gasteiger partial charge is 0.235 e. The van der Waals surface area contributed by atoms with Gasteiger partial charge in [0.15, 0.2) is 0 Å². The SMILES string of the molecule is O=S(=O)(C=Cc1nn(-c2ccc(Cl)cc2Cl)c2c1CCC2Cc1cccc(Cl)c1)NN1CCCCC1. The Labute approximate surface area is 226 Å². The number of hydrogen-bond acceptors (Lipinski definition) is 4. The van der Waals surface area contributed by atoms with Crippen LogP contribution in [-0.2, 0) is 22.9 Å². The maximum Gasteiger partial charge on any atom is 0.246 e. The highest BCUT2D eigenvalue weighted by atomic mass is 35.5. The Balaban J connectivity index is 1.50. The standard InChI is InChI=1S/C26H27Cl3N4O2S/c27-20-6-4-5-18(16-20)15-19-7-9-22-24(11-14-36(34,35)31-32-12-2-1-3-13-32)30-33(26(19)22)25-10-8-21(28)17-23(25)29/h4-6,8,10-11,14,16-17,19,31H,1-3,7,9,12-13,15H2. The van der Waals surface area contributed by atoms with Crippen molar-refractivity contribution in [3.63, 3.8) is 0 Å². The molecule has 2 heterocycles. The minimum Gasteiger partial charge on any atom is -0.235 e. The van der Waals surface area contributed by atoms with Gasteiger partial charge >= 0.3 is 0 Å². The van der Waals surface area contributed by atoms with Gasteiger partial charge in [-0.05, 0) is 74.1 Å². The van der Waals surface area contributed by atoms with Gasteiger partial charge in [-0.1, -0.05) is 53.4 Å². The fourth-order valence-corrected chi connectivity index (χ4v) is 6.69. The average molecular weight is 566 g/mol. The summed E-state index contributed by atoms with van der Waals surface area (Å²) < 4.78 is 27.4.